The van der Waals surface area contributed by atoms with Crippen molar-refractivity contribution in [2.24, 2.45) is 5.92 Å². The molecule has 2 aliphatic rings. The molecule has 0 radical (unpaired) electrons. The van der Waals surface area contributed by atoms with Gasteiger partial charge in [0.25, 0.3) is 0 Å². The fourth-order valence-electron chi connectivity index (χ4n) is 2.98. The lowest BCUT2D eigenvalue weighted by molar-refractivity contribution is -0.134. The Morgan fingerprint density at radius 3 is 2.71 bits per heavy atom. The van der Waals surface area contributed by atoms with Crippen molar-refractivity contribution >= 4 is 18.3 Å². The molecule has 0 unspecified atom stereocenters. The van der Waals surface area contributed by atoms with Gasteiger partial charge in [-0.2, -0.15) is 0 Å². The van der Waals surface area contributed by atoms with E-state index in [1.165, 1.54) is 25.7 Å². The smallest absolute Gasteiger partial charge is 0.222 e. The normalized spacial score (nSPS) is 25.7. The predicted octanol–water partition coefficient (Wildman–Crippen LogP) is 2.20. The summed E-state index contributed by atoms with van der Waals surface area (Å²) < 4.78 is 0. The molecule has 0 spiro atoms. The molecule has 0 bridgehead atoms. The van der Waals surface area contributed by atoms with Crippen LogP contribution >= 0.6 is 12.4 Å². The van der Waals surface area contributed by atoms with Gasteiger partial charge in [0.1, 0.15) is 0 Å². The van der Waals surface area contributed by atoms with E-state index in [0.717, 1.165) is 38.4 Å². The molecule has 100 valence electrons. The molecule has 2 fully saturated rings. The Labute approximate surface area is 111 Å². The van der Waals surface area contributed by atoms with Gasteiger partial charge in [-0.25, -0.2) is 0 Å². The van der Waals surface area contributed by atoms with E-state index in [4.69, 9.17) is 0 Å². The standard InChI is InChI=1S/C13H24N2O.ClH/c1-11-10-14-8-9-15(11)13(16)7-6-12-4-2-3-5-12;/h11-12,14H,2-10H2,1H3;1H/t11-;/m1./s1. The monoisotopic (exact) mass is 260 g/mol. The molecule has 4 heteroatoms. The van der Waals surface area contributed by atoms with Crippen molar-refractivity contribution in [3.63, 3.8) is 0 Å². The van der Waals surface area contributed by atoms with Crippen molar-refractivity contribution in [3.05, 3.63) is 0 Å². The lowest BCUT2D eigenvalue weighted by Gasteiger charge is -2.34. The largest absolute Gasteiger partial charge is 0.337 e. The maximum atomic E-state index is 12.1. The second kappa shape index (κ2) is 7.22. The Balaban J connectivity index is 0.00000144. The number of carbonyl (C=O) groups is 1. The summed E-state index contributed by atoms with van der Waals surface area (Å²) in [4.78, 5) is 14.1. The van der Waals surface area contributed by atoms with Crippen LogP contribution in [0.5, 0.6) is 0 Å². The van der Waals surface area contributed by atoms with Gasteiger partial charge in [-0.3, -0.25) is 4.79 Å². The molecule has 0 aromatic carbocycles. The lowest BCUT2D eigenvalue weighted by Crippen LogP contribution is -2.52. The van der Waals surface area contributed by atoms with E-state index in [2.05, 4.69) is 17.1 Å². The first-order valence-electron chi connectivity index (χ1n) is 6.77. The van der Waals surface area contributed by atoms with Gasteiger partial charge in [-0.05, 0) is 19.3 Å². The molecule has 1 N–H and O–H groups in total. The number of piperazine rings is 1. The van der Waals surface area contributed by atoms with Crippen molar-refractivity contribution in [2.75, 3.05) is 19.6 Å². The molecular formula is C13H25ClN2O. The van der Waals surface area contributed by atoms with E-state index in [9.17, 15) is 4.79 Å². The number of halogens is 1. The third-order valence-electron chi connectivity index (χ3n) is 4.06. The first kappa shape index (κ1) is 14.8. The predicted molar refractivity (Wildman–Crippen MR) is 72.5 cm³/mol. The van der Waals surface area contributed by atoms with E-state index in [0.29, 0.717) is 11.9 Å². The van der Waals surface area contributed by atoms with E-state index in [-0.39, 0.29) is 12.4 Å². The summed E-state index contributed by atoms with van der Waals surface area (Å²) in [6.07, 6.45) is 7.35. The van der Waals surface area contributed by atoms with E-state index in [1.807, 2.05) is 0 Å². The van der Waals surface area contributed by atoms with Crippen molar-refractivity contribution in [3.8, 4) is 0 Å². The summed E-state index contributed by atoms with van der Waals surface area (Å²) in [7, 11) is 0. The zero-order valence-electron chi connectivity index (χ0n) is 10.8. The van der Waals surface area contributed by atoms with Crippen molar-refractivity contribution in [1.82, 2.24) is 10.2 Å². The van der Waals surface area contributed by atoms with Gasteiger partial charge in [-0.15, -0.1) is 12.4 Å². The molecule has 1 amide bonds. The first-order chi connectivity index (χ1) is 7.77. The topological polar surface area (TPSA) is 32.3 Å². The molecule has 1 aliphatic carbocycles. The molecule has 17 heavy (non-hydrogen) atoms. The summed E-state index contributed by atoms with van der Waals surface area (Å²) in [6.45, 7) is 4.94. The van der Waals surface area contributed by atoms with Crippen LogP contribution in [0.1, 0.15) is 45.4 Å². The van der Waals surface area contributed by atoms with Crippen LogP contribution in [0.2, 0.25) is 0 Å². The molecule has 1 atom stereocenters. The number of nitrogens with one attached hydrogen (secondary N) is 1. The molecule has 2 rings (SSSR count). The quantitative estimate of drug-likeness (QED) is 0.844. The van der Waals surface area contributed by atoms with Gasteiger partial charge in [0.05, 0.1) is 0 Å². The minimum absolute atomic E-state index is 0. The zero-order chi connectivity index (χ0) is 11.4. The number of carbonyl (C=O) groups excluding carboxylic acids is 1. The SMILES string of the molecule is C[C@@H]1CNCCN1C(=O)CCC1CCCC1.Cl. The Morgan fingerprint density at radius 2 is 2.06 bits per heavy atom. The van der Waals surface area contributed by atoms with Gasteiger partial charge in [-0.1, -0.05) is 25.7 Å². The van der Waals surface area contributed by atoms with Crippen LogP contribution in [-0.4, -0.2) is 36.5 Å². The Kier molecular flexibility index (Phi) is 6.28. The summed E-state index contributed by atoms with van der Waals surface area (Å²) >= 11 is 0. The summed E-state index contributed by atoms with van der Waals surface area (Å²) in [5.41, 5.74) is 0. The zero-order valence-corrected chi connectivity index (χ0v) is 11.6. The Bertz CT molecular complexity index is 242. The van der Waals surface area contributed by atoms with E-state index in [1.54, 1.807) is 0 Å². The van der Waals surface area contributed by atoms with Crippen LogP contribution in [0, 0.1) is 5.92 Å². The minimum Gasteiger partial charge on any atom is -0.337 e. The number of nitrogens with zero attached hydrogens (tertiary/aromatic N) is 1. The Hall–Kier alpha value is -0.280. The second-order valence-electron chi connectivity index (χ2n) is 5.33. The van der Waals surface area contributed by atoms with Crippen molar-refractivity contribution < 1.29 is 4.79 Å². The fourth-order valence-corrected chi connectivity index (χ4v) is 2.98. The molecule has 1 saturated carbocycles. The summed E-state index contributed by atoms with van der Waals surface area (Å²) in [5, 5.41) is 3.32. The third kappa shape index (κ3) is 4.14. The van der Waals surface area contributed by atoms with Crippen LogP contribution in [0.3, 0.4) is 0 Å². The van der Waals surface area contributed by atoms with E-state index < -0.39 is 0 Å². The fraction of sp³-hybridized carbons (Fsp3) is 0.923. The van der Waals surface area contributed by atoms with Gasteiger partial charge >= 0.3 is 0 Å². The molecule has 3 nitrogen and oxygen atoms in total. The lowest BCUT2D eigenvalue weighted by atomic mass is 10.0. The average molecular weight is 261 g/mol. The highest BCUT2D eigenvalue weighted by Gasteiger charge is 2.24. The van der Waals surface area contributed by atoms with Gasteiger partial charge in [0.15, 0.2) is 0 Å². The summed E-state index contributed by atoms with van der Waals surface area (Å²) in [6, 6.07) is 0.379. The highest BCUT2D eigenvalue weighted by atomic mass is 35.5. The van der Waals surface area contributed by atoms with Gasteiger partial charge < -0.3 is 10.2 Å². The van der Waals surface area contributed by atoms with Crippen LogP contribution in [0.4, 0.5) is 0 Å². The van der Waals surface area contributed by atoms with Crippen molar-refractivity contribution in [1.29, 1.82) is 0 Å². The summed E-state index contributed by atoms with van der Waals surface area (Å²) in [5.74, 6) is 1.21. The third-order valence-corrected chi connectivity index (χ3v) is 4.06. The van der Waals surface area contributed by atoms with Crippen LogP contribution in [0.15, 0.2) is 0 Å². The molecule has 0 aromatic rings. The van der Waals surface area contributed by atoms with Crippen LogP contribution in [0.25, 0.3) is 0 Å². The minimum atomic E-state index is 0. The number of hydrogen-bond donors (Lipinski definition) is 1. The van der Waals surface area contributed by atoms with Gasteiger partial charge in [0.2, 0.25) is 5.91 Å². The highest BCUT2D eigenvalue weighted by Crippen LogP contribution is 2.28. The number of amides is 1. The first-order valence-corrected chi connectivity index (χ1v) is 6.77. The molecule has 1 saturated heterocycles. The van der Waals surface area contributed by atoms with Crippen LogP contribution in [-0.2, 0) is 4.79 Å². The number of hydrogen-bond acceptors (Lipinski definition) is 2. The van der Waals surface area contributed by atoms with Crippen molar-refractivity contribution in [2.45, 2.75) is 51.5 Å². The van der Waals surface area contributed by atoms with E-state index >= 15 is 0 Å². The number of rotatable bonds is 3. The molecule has 1 heterocycles. The van der Waals surface area contributed by atoms with Crippen LogP contribution < -0.4 is 5.32 Å². The molecule has 0 aromatic heterocycles. The highest BCUT2D eigenvalue weighted by molar-refractivity contribution is 5.85. The second-order valence-corrected chi connectivity index (χ2v) is 5.33. The maximum absolute atomic E-state index is 12.1. The average Bonchev–Trinajstić information content (AvgIpc) is 2.79. The molecule has 1 aliphatic heterocycles. The van der Waals surface area contributed by atoms with Gasteiger partial charge in [0, 0.05) is 32.1 Å². The maximum Gasteiger partial charge on any atom is 0.222 e. The Morgan fingerprint density at radius 1 is 1.35 bits per heavy atom. The molecular weight excluding hydrogens is 236 g/mol.